The van der Waals surface area contributed by atoms with E-state index in [0.29, 0.717) is 42.8 Å². The highest BCUT2D eigenvalue weighted by Crippen LogP contribution is 2.33. The number of nitrogens with one attached hydrogen (secondary N) is 1. The summed E-state index contributed by atoms with van der Waals surface area (Å²) in [6.45, 7) is 4.72. The standard InChI is InChI=1S/C23H28ClN3O5S/c1-17(32-19-6-4-18(24)5-7-19)23(28)25-21-16-20(8-9-22(21)26-10-2-3-11-26)33(29,30)27-12-14-31-15-13-27/h4-9,16-17H,2-3,10-15H2,1H3,(H,25,28). The Bertz CT molecular complexity index is 1080. The largest absolute Gasteiger partial charge is 0.481 e. The summed E-state index contributed by atoms with van der Waals surface area (Å²) in [4.78, 5) is 15.3. The Morgan fingerprint density at radius 3 is 2.39 bits per heavy atom. The Kier molecular flexibility index (Phi) is 7.43. The summed E-state index contributed by atoms with van der Waals surface area (Å²) in [5.74, 6) is 0.150. The van der Waals surface area contributed by atoms with E-state index in [1.54, 1.807) is 49.4 Å². The fraction of sp³-hybridized carbons (Fsp3) is 0.435. The predicted molar refractivity (Wildman–Crippen MR) is 128 cm³/mol. The summed E-state index contributed by atoms with van der Waals surface area (Å²) in [6, 6.07) is 11.7. The maximum atomic E-state index is 13.2. The van der Waals surface area contributed by atoms with Crippen LogP contribution in [0.25, 0.3) is 0 Å². The lowest BCUT2D eigenvalue weighted by Gasteiger charge is -2.27. The van der Waals surface area contributed by atoms with Crippen molar-refractivity contribution in [1.82, 2.24) is 4.31 Å². The number of sulfonamides is 1. The normalized spacial score (nSPS) is 18.2. The van der Waals surface area contributed by atoms with Crippen molar-refractivity contribution >= 4 is 38.9 Å². The van der Waals surface area contributed by atoms with Gasteiger partial charge in [-0.25, -0.2) is 8.42 Å². The first-order valence-electron chi connectivity index (χ1n) is 11.0. The zero-order chi connectivity index (χ0) is 23.4. The van der Waals surface area contributed by atoms with Gasteiger partial charge in [0.05, 0.1) is 29.5 Å². The molecule has 1 atom stereocenters. The minimum atomic E-state index is -3.69. The van der Waals surface area contributed by atoms with E-state index in [0.717, 1.165) is 31.6 Å². The van der Waals surface area contributed by atoms with E-state index in [1.807, 2.05) is 0 Å². The van der Waals surface area contributed by atoms with E-state index in [2.05, 4.69) is 10.2 Å². The predicted octanol–water partition coefficient (Wildman–Crippen LogP) is 3.37. The molecule has 0 aliphatic carbocycles. The van der Waals surface area contributed by atoms with Crippen molar-refractivity contribution in [2.45, 2.75) is 30.8 Å². The molecule has 8 nitrogen and oxygen atoms in total. The number of halogens is 1. The van der Waals surface area contributed by atoms with Gasteiger partial charge in [0.2, 0.25) is 10.0 Å². The smallest absolute Gasteiger partial charge is 0.265 e. The molecule has 2 aliphatic rings. The number of anilines is 2. The number of ether oxygens (including phenoxy) is 2. The van der Waals surface area contributed by atoms with Gasteiger partial charge in [0.15, 0.2) is 6.10 Å². The van der Waals surface area contributed by atoms with Crippen LogP contribution in [-0.4, -0.2) is 64.1 Å². The maximum Gasteiger partial charge on any atom is 0.265 e. The molecule has 0 spiro atoms. The van der Waals surface area contributed by atoms with Crippen LogP contribution >= 0.6 is 11.6 Å². The summed E-state index contributed by atoms with van der Waals surface area (Å²) < 4.78 is 38.8. The minimum Gasteiger partial charge on any atom is -0.481 e. The lowest BCUT2D eigenvalue weighted by atomic mass is 10.2. The van der Waals surface area contributed by atoms with Gasteiger partial charge in [-0.1, -0.05) is 11.6 Å². The van der Waals surface area contributed by atoms with Gasteiger partial charge in [0.25, 0.3) is 5.91 Å². The summed E-state index contributed by atoms with van der Waals surface area (Å²) >= 11 is 5.91. The molecule has 1 N–H and O–H groups in total. The molecule has 0 saturated carbocycles. The van der Waals surface area contributed by atoms with E-state index < -0.39 is 16.1 Å². The Morgan fingerprint density at radius 2 is 1.73 bits per heavy atom. The van der Waals surface area contributed by atoms with Gasteiger partial charge in [-0.15, -0.1) is 0 Å². The Labute approximate surface area is 199 Å². The van der Waals surface area contributed by atoms with Crippen molar-refractivity contribution in [3.05, 3.63) is 47.5 Å². The van der Waals surface area contributed by atoms with E-state index in [4.69, 9.17) is 21.1 Å². The number of morpholine rings is 1. The highest BCUT2D eigenvalue weighted by molar-refractivity contribution is 7.89. The zero-order valence-electron chi connectivity index (χ0n) is 18.5. The third-order valence-electron chi connectivity index (χ3n) is 5.78. The molecule has 4 rings (SSSR count). The number of amides is 1. The number of rotatable bonds is 7. The van der Waals surface area contributed by atoms with Crippen LogP contribution in [0.5, 0.6) is 5.75 Å². The maximum absolute atomic E-state index is 13.2. The Morgan fingerprint density at radius 1 is 1.06 bits per heavy atom. The van der Waals surface area contributed by atoms with Crippen LogP contribution in [0.3, 0.4) is 0 Å². The minimum absolute atomic E-state index is 0.147. The van der Waals surface area contributed by atoms with Crippen molar-refractivity contribution in [2.24, 2.45) is 0 Å². The van der Waals surface area contributed by atoms with Crippen LogP contribution in [0.4, 0.5) is 11.4 Å². The lowest BCUT2D eigenvalue weighted by Crippen LogP contribution is -2.40. The molecule has 33 heavy (non-hydrogen) atoms. The second kappa shape index (κ2) is 10.3. The first-order chi connectivity index (χ1) is 15.8. The average molecular weight is 494 g/mol. The van der Waals surface area contributed by atoms with Crippen LogP contribution in [0.2, 0.25) is 5.02 Å². The van der Waals surface area contributed by atoms with Gasteiger partial charge in [-0.3, -0.25) is 4.79 Å². The van der Waals surface area contributed by atoms with E-state index in [1.165, 1.54) is 4.31 Å². The molecule has 2 fully saturated rings. The number of carbonyl (C=O) groups is 1. The Hall–Kier alpha value is -2.33. The third-order valence-corrected chi connectivity index (χ3v) is 7.92. The van der Waals surface area contributed by atoms with Crippen molar-refractivity contribution in [1.29, 1.82) is 0 Å². The lowest BCUT2D eigenvalue weighted by molar-refractivity contribution is -0.122. The molecular weight excluding hydrogens is 466 g/mol. The quantitative estimate of drug-likeness (QED) is 0.636. The van der Waals surface area contributed by atoms with E-state index in [-0.39, 0.29) is 10.8 Å². The monoisotopic (exact) mass is 493 g/mol. The second-order valence-electron chi connectivity index (χ2n) is 8.09. The highest BCUT2D eigenvalue weighted by Gasteiger charge is 2.28. The summed E-state index contributed by atoms with van der Waals surface area (Å²) in [7, 11) is -3.69. The molecule has 2 aromatic carbocycles. The summed E-state index contributed by atoms with van der Waals surface area (Å²) in [6.07, 6.45) is 1.31. The van der Waals surface area contributed by atoms with Crippen LogP contribution < -0.4 is 15.0 Å². The van der Waals surface area contributed by atoms with Crippen LogP contribution in [0, 0.1) is 0 Å². The number of carbonyl (C=O) groups excluding carboxylic acids is 1. The summed E-state index contributed by atoms with van der Waals surface area (Å²) in [5, 5.41) is 3.47. The molecular formula is C23H28ClN3O5S. The fourth-order valence-corrected chi connectivity index (χ4v) is 5.51. The SMILES string of the molecule is CC(Oc1ccc(Cl)cc1)C(=O)Nc1cc(S(=O)(=O)N2CCOCC2)ccc1N1CCCC1. The van der Waals surface area contributed by atoms with Crippen LogP contribution in [0.15, 0.2) is 47.4 Å². The average Bonchev–Trinajstić information content (AvgIpc) is 3.36. The van der Waals surface area contributed by atoms with Gasteiger partial charge in [0, 0.05) is 31.2 Å². The number of hydrogen-bond acceptors (Lipinski definition) is 6. The van der Waals surface area contributed by atoms with Crippen LogP contribution in [0.1, 0.15) is 19.8 Å². The van der Waals surface area contributed by atoms with E-state index >= 15 is 0 Å². The van der Waals surface area contributed by atoms with Gasteiger partial charge in [-0.05, 0) is 62.2 Å². The molecule has 0 aromatic heterocycles. The van der Waals surface area contributed by atoms with Gasteiger partial charge < -0.3 is 19.7 Å². The van der Waals surface area contributed by atoms with E-state index in [9.17, 15) is 13.2 Å². The molecule has 2 saturated heterocycles. The molecule has 0 radical (unpaired) electrons. The zero-order valence-corrected chi connectivity index (χ0v) is 20.1. The highest BCUT2D eigenvalue weighted by atomic mass is 35.5. The van der Waals surface area contributed by atoms with Gasteiger partial charge in [0.1, 0.15) is 5.75 Å². The first kappa shape index (κ1) is 23.8. The fourth-order valence-electron chi connectivity index (χ4n) is 3.95. The van der Waals surface area contributed by atoms with Crippen molar-refractivity contribution in [3.63, 3.8) is 0 Å². The second-order valence-corrected chi connectivity index (χ2v) is 10.5. The summed E-state index contributed by atoms with van der Waals surface area (Å²) in [5.41, 5.74) is 1.27. The first-order valence-corrected chi connectivity index (χ1v) is 12.9. The van der Waals surface area contributed by atoms with Crippen molar-refractivity contribution < 1.29 is 22.7 Å². The molecule has 2 aromatic rings. The number of benzene rings is 2. The van der Waals surface area contributed by atoms with Gasteiger partial charge in [-0.2, -0.15) is 4.31 Å². The molecule has 178 valence electrons. The molecule has 2 heterocycles. The molecule has 10 heteroatoms. The van der Waals surface area contributed by atoms with Gasteiger partial charge >= 0.3 is 0 Å². The Balaban J connectivity index is 1.58. The number of nitrogens with zero attached hydrogens (tertiary/aromatic N) is 2. The van der Waals surface area contributed by atoms with Crippen LogP contribution in [-0.2, 0) is 19.6 Å². The molecule has 2 aliphatic heterocycles. The topological polar surface area (TPSA) is 88.2 Å². The molecule has 1 amide bonds. The van der Waals surface area contributed by atoms with Crippen molar-refractivity contribution in [3.8, 4) is 5.75 Å². The van der Waals surface area contributed by atoms with Crippen molar-refractivity contribution in [2.75, 3.05) is 49.6 Å². The number of hydrogen-bond donors (Lipinski definition) is 1. The molecule has 1 unspecified atom stereocenters. The molecule has 0 bridgehead atoms. The third kappa shape index (κ3) is 5.60.